The van der Waals surface area contributed by atoms with Crippen LogP contribution in [-0.2, 0) is 22.6 Å². The van der Waals surface area contributed by atoms with Gasteiger partial charge in [0.1, 0.15) is 0 Å². The maximum absolute atomic E-state index is 11.2. The number of nitrogens with zero attached hydrogens (tertiary/aromatic N) is 1. The number of aliphatic hydroxyl groups excluding tert-OH is 1. The normalized spacial score (nSPS) is 9.62. The molecular formula is C11H10BrNO3. The van der Waals surface area contributed by atoms with E-state index in [-0.39, 0.29) is 13.0 Å². The van der Waals surface area contributed by atoms with Crippen molar-refractivity contribution in [3.63, 3.8) is 0 Å². The summed E-state index contributed by atoms with van der Waals surface area (Å²) >= 11 is 3.24. The Morgan fingerprint density at radius 3 is 2.81 bits per heavy atom. The summed E-state index contributed by atoms with van der Waals surface area (Å²) in [5, 5.41) is 18.1. The Labute approximate surface area is 102 Å². The summed E-state index contributed by atoms with van der Waals surface area (Å²) in [6.45, 7) is -0.275. The fraction of sp³-hybridized carbons (Fsp3) is 0.273. The van der Waals surface area contributed by atoms with Crippen LogP contribution < -0.4 is 0 Å². The van der Waals surface area contributed by atoms with Crippen LogP contribution in [0.3, 0.4) is 0 Å². The molecule has 1 N–H and O–H groups in total. The van der Waals surface area contributed by atoms with Crippen LogP contribution in [0.25, 0.3) is 0 Å². The Morgan fingerprint density at radius 1 is 1.62 bits per heavy atom. The largest absolute Gasteiger partial charge is 0.469 e. The van der Waals surface area contributed by atoms with Crippen LogP contribution in [0.1, 0.15) is 16.7 Å². The average Bonchev–Trinajstić information content (AvgIpc) is 2.28. The minimum absolute atomic E-state index is 0.0422. The summed E-state index contributed by atoms with van der Waals surface area (Å²) in [6, 6.07) is 5.28. The van der Waals surface area contributed by atoms with E-state index in [1.54, 1.807) is 12.1 Å². The quantitative estimate of drug-likeness (QED) is 0.854. The predicted molar refractivity (Wildman–Crippen MR) is 60.5 cm³/mol. The molecule has 0 aromatic heterocycles. The number of aliphatic hydroxyl groups is 1. The van der Waals surface area contributed by atoms with Gasteiger partial charge in [-0.05, 0) is 23.3 Å². The maximum atomic E-state index is 11.2. The van der Waals surface area contributed by atoms with Crippen LogP contribution in [0, 0.1) is 11.3 Å². The molecule has 1 rings (SSSR count). The van der Waals surface area contributed by atoms with Crippen molar-refractivity contribution in [2.45, 2.75) is 13.0 Å². The lowest BCUT2D eigenvalue weighted by atomic mass is 10.00. The third kappa shape index (κ3) is 2.81. The first-order valence-electron chi connectivity index (χ1n) is 4.51. The molecule has 0 radical (unpaired) electrons. The van der Waals surface area contributed by atoms with E-state index in [4.69, 9.17) is 5.26 Å². The van der Waals surface area contributed by atoms with Crippen molar-refractivity contribution >= 4 is 21.9 Å². The molecule has 16 heavy (non-hydrogen) atoms. The Balaban J connectivity index is 3.21. The van der Waals surface area contributed by atoms with Gasteiger partial charge in [-0.3, -0.25) is 4.79 Å². The second-order valence-electron chi connectivity index (χ2n) is 3.11. The molecule has 0 saturated heterocycles. The van der Waals surface area contributed by atoms with Gasteiger partial charge in [0, 0.05) is 4.47 Å². The van der Waals surface area contributed by atoms with E-state index in [1.807, 2.05) is 6.07 Å². The molecule has 0 aliphatic heterocycles. The van der Waals surface area contributed by atoms with Crippen molar-refractivity contribution in [2.75, 3.05) is 7.11 Å². The number of nitriles is 1. The molecule has 0 spiro atoms. The second kappa shape index (κ2) is 5.64. The van der Waals surface area contributed by atoms with Crippen molar-refractivity contribution in [3.8, 4) is 6.07 Å². The van der Waals surface area contributed by atoms with Crippen molar-refractivity contribution < 1.29 is 14.6 Å². The highest BCUT2D eigenvalue weighted by Crippen LogP contribution is 2.22. The number of rotatable bonds is 3. The van der Waals surface area contributed by atoms with Gasteiger partial charge in [0.15, 0.2) is 0 Å². The number of hydrogen-bond acceptors (Lipinski definition) is 4. The van der Waals surface area contributed by atoms with E-state index < -0.39 is 5.97 Å². The number of benzene rings is 1. The maximum Gasteiger partial charge on any atom is 0.309 e. The van der Waals surface area contributed by atoms with Crippen LogP contribution >= 0.6 is 15.9 Å². The summed E-state index contributed by atoms with van der Waals surface area (Å²) in [7, 11) is 1.30. The summed E-state index contributed by atoms with van der Waals surface area (Å²) in [5.41, 5.74) is 1.42. The first-order valence-corrected chi connectivity index (χ1v) is 5.30. The van der Waals surface area contributed by atoms with Gasteiger partial charge in [0.25, 0.3) is 0 Å². The SMILES string of the molecule is COC(=O)Cc1cc(Br)cc(C#N)c1CO. The predicted octanol–water partition coefficient (Wildman–Crippen LogP) is 1.53. The van der Waals surface area contributed by atoms with Crippen LogP contribution in [0.2, 0.25) is 0 Å². The molecule has 0 heterocycles. The number of carbonyl (C=O) groups is 1. The molecule has 0 fully saturated rings. The molecule has 1 aromatic rings. The zero-order valence-electron chi connectivity index (χ0n) is 8.66. The van der Waals surface area contributed by atoms with Crippen LogP contribution in [0.5, 0.6) is 0 Å². The van der Waals surface area contributed by atoms with Gasteiger partial charge in [-0.2, -0.15) is 5.26 Å². The third-order valence-electron chi connectivity index (χ3n) is 2.15. The van der Waals surface area contributed by atoms with E-state index in [0.717, 1.165) is 0 Å². The fourth-order valence-electron chi connectivity index (χ4n) is 1.37. The fourth-order valence-corrected chi connectivity index (χ4v) is 1.87. The minimum atomic E-state index is -0.406. The van der Waals surface area contributed by atoms with Gasteiger partial charge >= 0.3 is 5.97 Å². The van der Waals surface area contributed by atoms with Crippen LogP contribution in [-0.4, -0.2) is 18.2 Å². The number of carbonyl (C=O) groups excluding carboxylic acids is 1. The molecule has 5 heteroatoms. The zero-order chi connectivity index (χ0) is 12.1. The molecule has 84 valence electrons. The number of halogens is 1. The van der Waals surface area contributed by atoms with E-state index in [1.165, 1.54) is 7.11 Å². The molecule has 0 aliphatic carbocycles. The van der Waals surface area contributed by atoms with Crippen molar-refractivity contribution in [1.29, 1.82) is 5.26 Å². The molecule has 0 aliphatic rings. The first kappa shape index (κ1) is 12.7. The van der Waals surface area contributed by atoms with E-state index in [0.29, 0.717) is 21.2 Å². The summed E-state index contributed by atoms with van der Waals surface area (Å²) in [5.74, 6) is -0.406. The molecular weight excluding hydrogens is 274 g/mol. The van der Waals surface area contributed by atoms with Gasteiger partial charge in [0.05, 0.1) is 31.8 Å². The van der Waals surface area contributed by atoms with E-state index >= 15 is 0 Å². The molecule has 1 aromatic carbocycles. The first-order chi connectivity index (χ1) is 7.62. The third-order valence-corrected chi connectivity index (χ3v) is 2.61. The van der Waals surface area contributed by atoms with Crippen molar-refractivity contribution in [2.24, 2.45) is 0 Å². The van der Waals surface area contributed by atoms with Gasteiger partial charge in [0.2, 0.25) is 0 Å². The summed E-state index contributed by atoms with van der Waals surface area (Å²) < 4.78 is 5.24. The highest BCUT2D eigenvalue weighted by molar-refractivity contribution is 9.10. The molecule has 4 nitrogen and oxygen atoms in total. The summed E-state index contributed by atoms with van der Waals surface area (Å²) in [6.07, 6.45) is 0.0422. The molecule has 0 saturated carbocycles. The number of ether oxygens (including phenoxy) is 1. The zero-order valence-corrected chi connectivity index (χ0v) is 10.2. The molecule has 0 amide bonds. The van der Waals surface area contributed by atoms with Crippen LogP contribution in [0.15, 0.2) is 16.6 Å². The van der Waals surface area contributed by atoms with E-state index in [9.17, 15) is 9.90 Å². The highest BCUT2D eigenvalue weighted by Gasteiger charge is 2.12. The lowest BCUT2D eigenvalue weighted by Gasteiger charge is -2.09. The smallest absolute Gasteiger partial charge is 0.309 e. The lowest BCUT2D eigenvalue weighted by Crippen LogP contribution is -2.08. The summed E-state index contributed by atoms with van der Waals surface area (Å²) in [4.78, 5) is 11.2. The monoisotopic (exact) mass is 283 g/mol. The van der Waals surface area contributed by atoms with Gasteiger partial charge in [-0.15, -0.1) is 0 Å². The highest BCUT2D eigenvalue weighted by atomic mass is 79.9. The van der Waals surface area contributed by atoms with Crippen LogP contribution in [0.4, 0.5) is 0 Å². The van der Waals surface area contributed by atoms with Crippen molar-refractivity contribution in [3.05, 3.63) is 33.3 Å². The number of methoxy groups -OCH3 is 1. The average molecular weight is 284 g/mol. The standard InChI is InChI=1S/C11H10BrNO3/c1-16-11(15)4-7-2-9(12)3-8(5-13)10(7)6-14/h2-3,14H,4,6H2,1H3. The molecule has 0 atom stereocenters. The molecule has 0 unspecified atom stereocenters. The van der Waals surface area contributed by atoms with Gasteiger partial charge < -0.3 is 9.84 Å². The van der Waals surface area contributed by atoms with Gasteiger partial charge in [-0.1, -0.05) is 15.9 Å². The Morgan fingerprint density at radius 2 is 2.31 bits per heavy atom. The second-order valence-corrected chi connectivity index (χ2v) is 4.03. The Bertz CT molecular complexity index is 451. The lowest BCUT2D eigenvalue weighted by molar-refractivity contribution is -0.139. The number of esters is 1. The Hall–Kier alpha value is -1.38. The topological polar surface area (TPSA) is 70.3 Å². The minimum Gasteiger partial charge on any atom is -0.469 e. The number of hydrogen-bond donors (Lipinski definition) is 1. The molecule has 0 bridgehead atoms. The van der Waals surface area contributed by atoms with E-state index in [2.05, 4.69) is 20.7 Å². The Kier molecular flexibility index (Phi) is 4.47. The van der Waals surface area contributed by atoms with Crippen molar-refractivity contribution in [1.82, 2.24) is 0 Å². The van der Waals surface area contributed by atoms with Gasteiger partial charge in [-0.25, -0.2) is 0 Å².